The standard InChI is InChI=1S/C20H28N4/c1-16(18-7-8-18)24-20(9-12-21-24)22-19-10-13-23(14-11-19)15-17-5-3-2-4-6-17/h2-6,9,12,16,18-19,22H,7-8,10-11,13-15H2,1H3/t16-/m1/s1. The first-order chi connectivity index (χ1) is 11.8. The van der Waals surface area contributed by atoms with E-state index in [1.165, 1.54) is 50.2 Å². The smallest absolute Gasteiger partial charge is 0.124 e. The van der Waals surface area contributed by atoms with Crippen LogP contribution in [-0.4, -0.2) is 33.8 Å². The SMILES string of the molecule is C[C@H](C1CC1)n1nccc1NC1CCN(Cc2ccccc2)CC1. The maximum Gasteiger partial charge on any atom is 0.124 e. The van der Waals surface area contributed by atoms with Crippen LogP contribution in [0, 0.1) is 5.92 Å². The van der Waals surface area contributed by atoms with E-state index in [2.05, 4.69) is 63.3 Å². The first-order valence-corrected chi connectivity index (χ1v) is 9.36. The Hall–Kier alpha value is -1.81. The molecule has 0 spiro atoms. The van der Waals surface area contributed by atoms with Gasteiger partial charge in [-0.05, 0) is 44.1 Å². The van der Waals surface area contributed by atoms with Crippen molar-refractivity contribution in [2.45, 2.75) is 51.2 Å². The Labute approximate surface area is 144 Å². The Kier molecular flexibility index (Phi) is 4.56. The zero-order chi connectivity index (χ0) is 16.4. The van der Waals surface area contributed by atoms with Gasteiger partial charge >= 0.3 is 0 Å². The summed E-state index contributed by atoms with van der Waals surface area (Å²) in [5.74, 6) is 2.04. The number of piperidine rings is 1. The minimum Gasteiger partial charge on any atom is -0.367 e. The summed E-state index contributed by atoms with van der Waals surface area (Å²) in [6.45, 7) is 5.71. The number of benzene rings is 1. The third-order valence-electron chi connectivity index (χ3n) is 5.55. The van der Waals surface area contributed by atoms with Gasteiger partial charge in [0.25, 0.3) is 0 Å². The lowest BCUT2D eigenvalue weighted by atomic mass is 10.0. The molecule has 1 N–H and O–H groups in total. The van der Waals surface area contributed by atoms with Crippen LogP contribution in [0.4, 0.5) is 5.82 Å². The van der Waals surface area contributed by atoms with Crippen molar-refractivity contribution in [3.05, 3.63) is 48.2 Å². The number of aromatic nitrogens is 2. The van der Waals surface area contributed by atoms with Crippen LogP contribution in [0.25, 0.3) is 0 Å². The van der Waals surface area contributed by atoms with Crippen LogP contribution in [0.1, 0.15) is 44.2 Å². The molecule has 0 unspecified atom stereocenters. The molecule has 0 amide bonds. The largest absolute Gasteiger partial charge is 0.367 e. The Balaban J connectivity index is 1.30. The lowest BCUT2D eigenvalue weighted by molar-refractivity contribution is 0.211. The van der Waals surface area contributed by atoms with Gasteiger partial charge in [0.2, 0.25) is 0 Å². The van der Waals surface area contributed by atoms with E-state index < -0.39 is 0 Å². The molecule has 24 heavy (non-hydrogen) atoms. The Morgan fingerprint density at radius 2 is 1.83 bits per heavy atom. The molecule has 2 aliphatic rings. The zero-order valence-electron chi connectivity index (χ0n) is 14.6. The van der Waals surface area contributed by atoms with E-state index in [0.717, 1.165) is 12.5 Å². The quantitative estimate of drug-likeness (QED) is 0.874. The van der Waals surface area contributed by atoms with Crippen LogP contribution in [-0.2, 0) is 6.54 Å². The number of nitrogens with one attached hydrogen (secondary N) is 1. The highest BCUT2D eigenvalue weighted by atomic mass is 15.3. The summed E-state index contributed by atoms with van der Waals surface area (Å²) < 4.78 is 2.20. The van der Waals surface area contributed by atoms with Gasteiger partial charge < -0.3 is 5.32 Å². The van der Waals surface area contributed by atoms with Crippen molar-refractivity contribution in [1.82, 2.24) is 14.7 Å². The molecule has 128 valence electrons. The van der Waals surface area contributed by atoms with Gasteiger partial charge in [-0.3, -0.25) is 4.90 Å². The molecule has 1 saturated heterocycles. The lowest BCUT2D eigenvalue weighted by Crippen LogP contribution is -2.39. The monoisotopic (exact) mass is 324 g/mol. The van der Waals surface area contributed by atoms with E-state index >= 15 is 0 Å². The van der Waals surface area contributed by atoms with Crippen molar-refractivity contribution < 1.29 is 0 Å². The fourth-order valence-corrected chi connectivity index (χ4v) is 3.82. The Bertz CT molecular complexity index is 639. The molecule has 2 heterocycles. The molecule has 1 aliphatic heterocycles. The van der Waals surface area contributed by atoms with Crippen LogP contribution in [0.2, 0.25) is 0 Å². The van der Waals surface area contributed by atoms with Gasteiger partial charge in [-0.15, -0.1) is 0 Å². The average molecular weight is 324 g/mol. The van der Waals surface area contributed by atoms with Crippen molar-refractivity contribution in [1.29, 1.82) is 0 Å². The highest BCUT2D eigenvalue weighted by Gasteiger charge is 2.31. The van der Waals surface area contributed by atoms with Crippen LogP contribution < -0.4 is 5.32 Å². The van der Waals surface area contributed by atoms with Gasteiger partial charge in [-0.25, -0.2) is 4.68 Å². The molecule has 0 bridgehead atoms. The summed E-state index contributed by atoms with van der Waals surface area (Å²) in [6.07, 6.45) is 7.06. The molecule has 1 aliphatic carbocycles. The molecule has 2 aromatic rings. The number of likely N-dealkylation sites (tertiary alicyclic amines) is 1. The van der Waals surface area contributed by atoms with Crippen molar-refractivity contribution in [2.24, 2.45) is 5.92 Å². The van der Waals surface area contributed by atoms with E-state index in [1.54, 1.807) is 0 Å². The Morgan fingerprint density at radius 3 is 2.54 bits per heavy atom. The van der Waals surface area contributed by atoms with Crippen molar-refractivity contribution in [3.8, 4) is 0 Å². The summed E-state index contributed by atoms with van der Waals surface area (Å²) in [5, 5.41) is 8.31. The number of nitrogens with zero attached hydrogens (tertiary/aromatic N) is 3. The van der Waals surface area contributed by atoms with Gasteiger partial charge in [0.1, 0.15) is 5.82 Å². The summed E-state index contributed by atoms with van der Waals surface area (Å²) >= 11 is 0. The molecule has 2 fully saturated rings. The first-order valence-electron chi connectivity index (χ1n) is 9.36. The molecule has 1 saturated carbocycles. The number of hydrogen-bond donors (Lipinski definition) is 1. The highest BCUT2D eigenvalue weighted by molar-refractivity contribution is 5.36. The third kappa shape index (κ3) is 3.64. The van der Waals surface area contributed by atoms with Crippen LogP contribution in [0.5, 0.6) is 0 Å². The van der Waals surface area contributed by atoms with Gasteiger partial charge in [-0.2, -0.15) is 5.10 Å². The second-order valence-corrected chi connectivity index (χ2v) is 7.42. The van der Waals surface area contributed by atoms with E-state index in [-0.39, 0.29) is 0 Å². The number of rotatable bonds is 6. The molecule has 4 rings (SSSR count). The second kappa shape index (κ2) is 6.98. The summed E-state index contributed by atoms with van der Waals surface area (Å²) in [6, 6.07) is 14.0. The Morgan fingerprint density at radius 1 is 1.08 bits per heavy atom. The van der Waals surface area contributed by atoms with E-state index in [4.69, 9.17) is 0 Å². The van der Waals surface area contributed by atoms with E-state index in [1.807, 2.05) is 6.20 Å². The van der Waals surface area contributed by atoms with Crippen molar-refractivity contribution in [3.63, 3.8) is 0 Å². The maximum atomic E-state index is 4.56. The van der Waals surface area contributed by atoms with Gasteiger partial charge in [0, 0.05) is 31.7 Å². The predicted octanol–water partition coefficient (Wildman–Crippen LogP) is 3.93. The first kappa shape index (κ1) is 15.7. The average Bonchev–Trinajstić information content (AvgIpc) is 3.37. The topological polar surface area (TPSA) is 33.1 Å². The predicted molar refractivity (Wildman–Crippen MR) is 98.0 cm³/mol. The highest BCUT2D eigenvalue weighted by Crippen LogP contribution is 2.40. The minimum absolute atomic E-state index is 0.528. The third-order valence-corrected chi connectivity index (χ3v) is 5.55. The van der Waals surface area contributed by atoms with Crippen LogP contribution in [0.15, 0.2) is 42.6 Å². The molecule has 0 radical (unpaired) electrons. The van der Waals surface area contributed by atoms with Gasteiger partial charge in [-0.1, -0.05) is 30.3 Å². The van der Waals surface area contributed by atoms with Crippen LogP contribution in [0.3, 0.4) is 0 Å². The fraction of sp³-hybridized carbons (Fsp3) is 0.550. The molecule has 4 nitrogen and oxygen atoms in total. The summed E-state index contributed by atoms with van der Waals surface area (Å²) in [4.78, 5) is 2.57. The van der Waals surface area contributed by atoms with E-state index in [0.29, 0.717) is 12.1 Å². The number of hydrogen-bond acceptors (Lipinski definition) is 3. The molecule has 4 heteroatoms. The normalized spacial score (nSPS) is 20.9. The molecule has 1 atom stereocenters. The molecule has 1 aromatic heterocycles. The van der Waals surface area contributed by atoms with Gasteiger partial charge in [0.05, 0.1) is 12.2 Å². The molecular formula is C20H28N4. The van der Waals surface area contributed by atoms with Crippen molar-refractivity contribution >= 4 is 5.82 Å². The van der Waals surface area contributed by atoms with E-state index in [9.17, 15) is 0 Å². The molecule has 1 aromatic carbocycles. The second-order valence-electron chi connectivity index (χ2n) is 7.42. The summed E-state index contributed by atoms with van der Waals surface area (Å²) in [5.41, 5.74) is 1.42. The zero-order valence-corrected chi connectivity index (χ0v) is 14.6. The van der Waals surface area contributed by atoms with Crippen molar-refractivity contribution in [2.75, 3.05) is 18.4 Å². The molecular weight excluding hydrogens is 296 g/mol. The number of anilines is 1. The van der Waals surface area contributed by atoms with Crippen LogP contribution >= 0.6 is 0 Å². The van der Waals surface area contributed by atoms with Gasteiger partial charge in [0.15, 0.2) is 0 Å². The minimum atomic E-state index is 0.528. The lowest BCUT2D eigenvalue weighted by Gasteiger charge is -2.33. The maximum absolute atomic E-state index is 4.56. The fourth-order valence-electron chi connectivity index (χ4n) is 3.82. The summed E-state index contributed by atoms with van der Waals surface area (Å²) in [7, 11) is 0.